The van der Waals surface area contributed by atoms with Gasteiger partial charge in [-0.05, 0) is 30.3 Å². The summed E-state index contributed by atoms with van der Waals surface area (Å²) in [7, 11) is 0. The number of phenols is 1. The van der Waals surface area contributed by atoms with Crippen molar-refractivity contribution in [1.29, 1.82) is 0 Å². The number of carboxylic acid groups (broad SMARTS) is 1. The Bertz CT molecular complexity index is 936. The van der Waals surface area contributed by atoms with Gasteiger partial charge in [-0.1, -0.05) is 24.3 Å². The van der Waals surface area contributed by atoms with Gasteiger partial charge in [0.25, 0.3) is 0 Å². The van der Waals surface area contributed by atoms with Crippen LogP contribution in [0.4, 0.5) is 17.1 Å². The van der Waals surface area contributed by atoms with Gasteiger partial charge in [0, 0.05) is 16.5 Å². The molecule has 23 heavy (non-hydrogen) atoms. The molecule has 4 N–H and O–H groups in total. The van der Waals surface area contributed by atoms with E-state index in [1.807, 2.05) is 24.3 Å². The van der Waals surface area contributed by atoms with Gasteiger partial charge >= 0.3 is 5.97 Å². The van der Waals surface area contributed by atoms with E-state index < -0.39 is 5.97 Å². The first-order valence-corrected chi connectivity index (χ1v) is 6.81. The summed E-state index contributed by atoms with van der Waals surface area (Å²) in [6.45, 7) is 0. The van der Waals surface area contributed by atoms with Crippen LogP contribution in [0.15, 0.2) is 64.8 Å². The van der Waals surface area contributed by atoms with Crippen molar-refractivity contribution in [2.24, 2.45) is 10.2 Å². The molecule has 0 amide bonds. The van der Waals surface area contributed by atoms with Crippen molar-refractivity contribution in [2.45, 2.75) is 0 Å². The zero-order valence-electron chi connectivity index (χ0n) is 12.0. The molecule has 6 heteroatoms. The molecule has 3 aromatic rings. The number of nitrogens with two attached hydrogens (primary N) is 1. The van der Waals surface area contributed by atoms with Crippen LogP contribution in [0.5, 0.6) is 5.75 Å². The number of azo groups is 1. The molecule has 0 saturated heterocycles. The van der Waals surface area contributed by atoms with Crippen molar-refractivity contribution in [3.05, 3.63) is 60.2 Å². The average molecular weight is 307 g/mol. The highest BCUT2D eigenvalue weighted by molar-refractivity contribution is 6.00. The first kappa shape index (κ1) is 14.5. The molecule has 3 rings (SSSR count). The second-order valence-corrected chi connectivity index (χ2v) is 4.93. The number of nitrogens with zero attached hydrogens (tertiary/aromatic N) is 2. The van der Waals surface area contributed by atoms with Gasteiger partial charge in [0.05, 0.1) is 11.4 Å². The van der Waals surface area contributed by atoms with E-state index in [4.69, 9.17) is 10.8 Å². The lowest BCUT2D eigenvalue weighted by Crippen LogP contribution is -1.95. The quantitative estimate of drug-likeness (QED) is 0.496. The highest BCUT2D eigenvalue weighted by atomic mass is 16.4. The number of aromatic hydroxyl groups is 1. The van der Waals surface area contributed by atoms with E-state index in [0.29, 0.717) is 17.1 Å². The zero-order valence-corrected chi connectivity index (χ0v) is 12.0. The molecule has 0 fully saturated rings. The van der Waals surface area contributed by atoms with Crippen LogP contribution in [-0.2, 0) is 0 Å². The fourth-order valence-electron chi connectivity index (χ4n) is 2.26. The fourth-order valence-corrected chi connectivity index (χ4v) is 2.26. The standard InChI is InChI=1S/C17H13N3O3/c18-14-6-7-15(12-4-2-1-3-11(12)14)20-19-10-5-8-16(21)13(9-10)17(22)23/h1-9,21H,18H2,(H,22,23). The first-order valence-electron chi connectivity index (χ1n) is 6.81. The molecule has 0 aliphatic rings. The van der Waals surface area contributed by atoms with Gasteiger partial charge in [-0.2, -0.15) is 5.11 Å². The molecule has 0 bridgehead atoms. The van der Waals surface area contributed by atoms with E-state index in [9.17, 15) is 9.90 Å². The maximum atomic E-state index is 11.0. The Morgan fingerprint density at radius 2 is 1.70 bits per heavy atom. The molecule has 0 saturated carbocycles. The minimum Gasteiger partial charge on any atom is -0.507 e. The number of benzene rings is 3. The molecule has 114 valence electrons. The third kappa shape index (κ3) is 2.82. The number of nitrogen functional groups attached to an aromatic ring is 1. The monoisotopic (exact) mass is 307 g/mol. The molecular formula is C17H13N3O3. The van der Waals surface area contributed by atoms with Crippen LogP contribution < -0.4 is 5.73 Å². The second kappa shape index (κ2) is 5.76. The van der Waals surface area contributed by atoms with Crippen molar-refractivity contribution in [3.8, 4) is 5.75 Å². The number of hydrogen-bond acceptors (Lipinski definition) is 5. The summed E-state index contributed by atoms with van der Waals surface area (Å²) in [5, 5.41) is 28.4. The van der Waals surface area contributed by atoms with Crippen LogP contribution >= 0.6 is 0 Å². The predicted octanol–water partition coefficient (Wildman–Crippen LogP) is 4.24. The van der Waals surface area contributed by atoms with E-state index in [2.05, 4.69) is 10.2 Å². The highest BCUT2D eigenvalue weighted by Crippen LogP contribution is 2.32. The van der Waals surface area contributed by atoms with Gasteiger partial charge in [0.15, 0.2) is 0 Å². The molecule has 0 aliphatic carbocycles. The minimum absolute atomic E-state index is 0.219. The molecule has 0 atom stereocenters. The van der Waals surface area contributed by atoms with Gasteiger partial charge in [0.2, 0.25) is 0 Å². The van der Waals surface area contributed by atoms with Crippen molar-refractivity contribution < 1.29 is 15.0 Å². The summed E-state index contributed by atoms with van der Waals surface area (Å²) in [6.07, 6.45) is 0. The maximum Gasteiger partial charge on any atom is 0.339 e. The van der Waals surface area contributed by atoms with Gasteiger partial charge < -0.3 is 15.9 Å². The van der Waals surface area contributed by atoms with Crippen LogP contribution in [0, 0.1) is 0 Å². The Morgan fingerprint density at radius 3 is 2.43 bits per heavy atom. The molecule has 0 radical (unpaired) electrons. The normalized spacial score (nSPS) is 11.1. The molecule has 0 spiro atoms. The summed E-state index contributed by atoms with van der Waals surface area (Å²) in [6, 6.07) is 15.1. The van der Waals surface area contributed by atoms with Gasteiger partial charge in [-0.3, -0.25) is 0 Å². The number of carboxylic acids is 1. The Hall–Kier alpha value is -3.41. The van der Waals surface area contributed by atoms with Gasteiger partial charge in [-0.15, -0.1) is 5.11 Å². The van der Waals surface area contributed by atoms with Crippen molar-refractivity contribution in [3.63, 3.8) is 0 Å². The van der Waals surface area contributed by atoms with Crippen LogP contribution in [0.2, 0.25) is 0 Å². The molecular weight excluding hydrogens is 294 g/mol. The average Bonchev–Trinajstić information content (AvgIpc) is 2.55. The minimum atomic E-state index is -1.22. The predicted molar refractivity (Wildman–Crippen MR) is 87.6 cm³/mol. The third-order valence-corrected chi connectivity index (χ3v) is 3.42. The Kier molecular flexibility index (Phi) is 3.64. The van der Waals surface area contributed by atoms with E-state index in [1.165, 1.54) is 18.2 Å². The van der Waals surface area contributed by atoms with E-state index in [0.717, 1.165) is 10.8 Å². The number of carbonyl (C=O) groups is 1. The lowest BCUT2D eigenvalue weighted by atomic mass is 10.1. The van der Waals surface area contributed by atoms with E-state index in [1.54, 1.807) is 12.1 Å². The van der Waals surface area contributed by atoms with E-state index >= 15 is 0 Å². The summed E-state index contributed by atoms with van der Waals surface area (Å²) in [5.74, 6) is -1.54. The molecule has 0 aromatic heterocycles. The third-order valence-electron chi connectivity index (χ3n) is 3.42. The van der Waals surface area contributed by atoms with Crippen LogP contribution in [0.25, 0.3) is 10.8 Å². The van der Waals surface area contributed by atoms with E-state index in [-0.39, 0.29) is 11.3 Å². The highest BCUT2D eigenvalue weighted by Gasteiger charge is 2.10. The number of hydrogen-bond donors (Lipinski definition) is 3. The van der Waals surface area contributed by atoms with Crippen LogP contribution in [-0.4, -0.2) is 16.2 Å². The summed E-state index contributed by atoms with van der Waals surface area (Å²) in [4.78, 5) is 11.0. The number of rotatable bonds is 3. The fraction of sp³-hybridized carbons (Fsp3) is 0. The summed E-state index contributed by atoms with van der Waals surface area (Å²) >= 11 is 0. The smallest absolute Gasteiger partial charge is 0.339 e. The lowest BCUT2D eigenvalue weighted by Gasteiger charge is -2.04. The van der Waals surface area contributed by atoms with Crippen LogP contribution in [0.1, 0.15) is 10.4 Å². The second-order valence-electron chi connectivity index (χ2n) is 4.93. The number of anilines is 1. The van der Waals surface area contributed by atoms with Gasteiger partial charge in [-0.25, -0.2) is 4.79 Å². The van der Waals surface area contributed by atoms with Crippen molar-refractivity contribution in [1.82, 2.24) is 0 Å². The maximum absolute atomic E-state index is 11.0. The molecule has 3 aromatic carbocycles. The summed E-state index contributed by atoms with van der Waals surface area (Å²) < 4.78 is 0. The van der Waals surface area contributed by atoms with Crippen molar-refractivity contribution >= 4 is 33.8 Å². The molecule has 0 unspecified atom stereocenters. The topological polar surface area (TPSA) is 108 Å². The first-order chi connectivity index (χ1) is 11.1. The summed E-state index contributed by atoms with van der Waals surface area (Å²) in [5.41, 5.74) is 7.33. The van der Waals surface area contributed by atoms with Crippen LogP contribution in [0.3, 0.4) is 0 Å². The van der Waals surface area contributed by atoms with Gasteiger partial charge in [0.1, 0.15) is 11.3 Å². The largest absolute Gasteiger partial charge is 0.507 e. The Morgan fingerprint density at radius 1 is 0.957 bits per heavy atom. The molecule has 6 nitrogen and oxygen atoms in total. The lowest BCUT2D eigenvalue weighted by molar-refractivity contribution is 0.0694. The zero-order chi connectivity index (χ0) is 16.4. The van der Waals surface area contributed by atoms with Crippen molar-refractivity contribution in [2.75, 3.05) is 5.73 Å². The molecule has 0 aliphatic heterocycles. The number of fused-ring (bicyclic) bond motifs is 1. The SMILES string of the molecule is Nc1ccc(N=Nc2ccc(O)c(C(=O)O)c2)c2ccccc12. The Labute approximate surface area is 131 Å². The number of aromatic carboxylic acids is 1. The molecule has 0 heterocycles. The Balaban J connectivity index is 2.03.